The molecule has 0 atom stereocenters. The Morgan fingerprint density at radius 1 is 1.39 bits per heavy atom. The van der Waals surface area contributed by atoms with Gasteiger partial charge in [0, 0.05) is 7.05 Å². The monoisotopic (exact) mass is 262 g/mol. The van der Waals surface area contributed by atoms with Crippen LogP contribution < -0.4 is 5.73 Å². The van der Waals surface area contributed by atoms with Crippen molar-refractivity contribution in [2.45, 2.75) is 6.54 Å². The van der Waals surface area contributed by atoms with Crippen molar-refractivity contribution in [2.75, 3.05) is 5.73 Å². The molecule has 0 saturated carbocycles. The number of nitrogen functional groups attached to an aromatic ring is 1. The molecule has 0 spiro atoms. The molecule has 0 radical (unpaired) electrons. The highest BCUT2D eigenvalue weighted by molar-refractivity contribution is 6.35. The van der Waals surface area contributed by atoms with Crippen molar-refractivity contribution in [1.82, 2.24) is 24.3 Å². The standard InChI is InChI=1S/C11H11ClN6/c1-17-6-14-9(16-17)5-18-10-7(12)3-2-4-8(10)15-11(18)13/h2-4,6H,5H2,1H3,(H2,13,15). The van der Waals surface area contributed by atoms with Crippen LogP contribution in [0.3, 0.4) is 0 Å². The van der Waals surface area contributed by atoms with Crippen molar-refractivity contribution in [3.05, 3.63) is 35.4 Å². The number of aryl methyl sites for hydroxylation is 1. The Kier molecular flexibility index (Phi) is 2.45. The van der Waals surface area contributed by atoms with Crippen molar-refractivity contribution in [3.8, 4) is 0 Å². The third-order valence-corrected chi connectivity index (χ3v) is 3.00. The Morgan fingerprint density at radius 3 is 2.94 bits per heavy atom. The van der Waals surface area contributed by atoms with Crippen LogP contribution in [-0.2, 0) is 13.6 Å². The van der Waals surface area contributed by atoms with Gasteiger partial charge >= 0.3 is 0 Å². The first-order chi connectivity index (χ1) is 8.65. The third-order valence-electron chi connectivity index (χ3n) is 2.69. The van der Waals surface area contributed by atoms with Gasteiger partial charge in [0.2, 0.25) is 5.95 Å². The normalized spacial score (nSPS) is 11.2. The number of anilines is 1. The summed E-state index contributed by atoms with van der Waals surface area (Å²) in [5.74, 6) is 1.08. The molecule has 0 bridgehead atoms. The summed E-state index contributed by atoms with van der Waals surface area (Å²) in [6.45, 7) is 0.451. The fourth-order valence-electron chi connectivity index (χ4n) is 1.92. The number of benzene rings is 1. The van der Waals surface area contributed by atoms with E-state index in [1.165, 1.54) is 0 Å². The SMILES string of the molecule is Cn1cnc(Cn2c(N)nc3cccc(Cl)c32)n1. The maximum atomic E-state index is 6.18. The van der Waals surface area contributed by atoms with E-state index in [0.717, 1.165) is 11.0 Å². The molecule has 2 aromatic heterocycles. The van der Waals surface area contributed by atoms with E-state index in [0.29, 0.717) is 23.3 Å². The van der Waals surface area contributed by atoms with Crippen LogP contribution in [0.2, 0.25) is 5.02 Å². The zero-order chi connectivity index (χ0) is 12.7. The third kappa shape index (κ3) is 1.70. The second-order valence-electron chi connectivity index (χ2n) is 4.00. The van der Waals surface area contributed by atoms with Crippen LogP contribution in [0.4, 0.5) is 5.95 Å². The molecule has 2 heterocycles. The Morgan fingerprint density at radius 2 is 2.22 bits per heavy atom. The summed E-state index contributed by atoms with van der Waals surface area (Å²) in [6.07, 6.45) is 1.65. The Bertz CT molecular complexity index is 713. The molecule has 0 amide bonds. The van der Waals surface area contributed by atoms with Gasteiger partial charge in [-0.1, -0.05) is 17.7 Å². The molecule has 0 saturated heterocycles. The van der Waals surface area contributed by atoms with Gasteiger partial charge in [0.05, 0.1) is 22.6 Å². The van der Waals surface area contributed by atoms with Crippen LogP contribution in [0.15, 0.2) is 24.5 Å². The van der Waals surface area contributed by atoms with Gasteiger partial charge < -0.3 is 10.3 Å². The number of hydrogen-bond donors (Lipinski definition) is 1. The fraction of sp³-hybridized carbons (Fsp3) is 0.182. The molecule has 0 unspecified atom stereocenters. The fourth-order valence-corrected chi connectivity index (χ4v) is 2.19. The lowest BCUT2D eigenvalue weighted by Gasteiger charge is -2.04. The molecule has 0 aliphatic heterocycles. The van der Waals surface area contributed by atoms with Crippen molar-refractivity contribution in [1.29, 1.82) is 0 Å². The molecule has 18 heavy (non-hydrogen) atoms. The zero-order valence-electron chi connectivity index (χ0n) is 9.71. The first-order valence-corrected chi connectivity index (χ1v) is 5.77. The van der Waals surface area contributed by atoms with E-state index in [-0.39, 0.29) is 0 Å². The predicted molar refractivity (Wildman–Crippen MR) is 69.3 cm³/mol. The molecule has 2 N–H and O–H groups in total. The van der Waals surface area contributed by atoms with Gasteiger partial charge in [0.15, 0.2) is 5.82 Å². The maximum Gasteiger partial charge on any atom is 0.201 e. The van der Waals surface area contributed by atoms with Gasteiger partial charge in [-0.2, -0.15) is 5.10 Å². The maximum absolute atomic E-state index is 6.18. The Balaban J connectivity index is 2.13. The highest BCUT2D eigenvalue weighted by Gasteiger charge is 2.12. The number of imidazole rings is 1. The highest BCUT2D eigenvalue weighted by Crippen LogP contribution is 2.25. The first-order valence-electron chi connectivity index (χ1n) is 5.40. The van der Waals surface area contributed by atoms with E-state index < -0.39 is 0 Å². The van der Waals surface area contributed by atoms with Crippen molar-refractivity contribution < 1.29 is 0 Å². The van der Waals surface area contributed by atoms with Gasteiger partial charge in [0.1, 0.15) is 6.33 Å². The summed E-state index contributed by atoms with van der Waals surface area (Å²) < 4.78 is 3.46. The quantitative estimate of drug-likeness (QED) is 0.758. The highest BCUT2D eigenvalue weighted by atomic mass is 35.5. The molecule has 7 heteroatoms. The van der Waals surface area contributed by atoms with Crippen LogP contribution in [0.25, 0.3) is 11.0 Å². The van der Waals surface area contributed by atoms with Crippen LogP contribution in [0.1, 0.15) is 5.82 Å². The number of hydrogen-bond acceptors (Lipinski definition) is 4. The topological polar surface area (TPSA) is 74.5 Å². The lowest BCUT2D eigenvalue weighted by Crippen LogP contribution is -2.06. The summed E-state index contributed by atoms with van der Waals surface area (Å²) >= 11 is 6.18. The smallest absolute Gasteiger partial charge is 0.201 e. The van der Waals surface area contributed by atoms with Gasteiger partial charge in [-0.25, -0.2) is 9.97 Å². The number of halogens is 1. The molecule has 3 aromatic rings. The number of para-hydroxylation sites is 1. The average Bonchev–Trinajstić information content (AvgIpc) is 2.85. The van der Waals surface area contributed by atoms with E-state index in [4.69, 9.17) is 17.3 Å². The summed E-state index contributed by atoms with van der Waals surface area (Å²) in [7, 11) is 1.82. The van der Waals surface area contributed by atoms with Crippen LogP contribution in [-0.4, -0.2) is 24.3 Å². The second-order valence-corrected chi connectivity index (χ2v) is 4.41. The molecular formula is C11H11ClN6. The molecular weight excluding hydrogens is 252 g/mol. The second kappa shape index (κ2) is 3.99. The first kappa shape index (κ1) is 11.0. The van der Waals surface area contributed by atoms with E-state index in [2.05, 4.69) is 15.1 Å². The van der Waals surface area contributed by atoms with E-state index in [9.17, 15) is 0 Å². The van der Waals surface area contributed by atoms with E-state index in [1.54, 1.807) is 11.0 Å². The van der Waals surface area contributed by atoms with E-state index in [1.807, 2.05) is 29.8 Å². The van der Waals surface area contributed by atoms with Gasteiger partial charge in [-0.3, -0.25) is 4.68 Å². The number of nitrogens with zero attached hydrogens (tertiary/aromatic N) is 5. The number of aromatic nitrogens is 5. The minimum Gasteiger partial charge on any atom is -0.369 e. The molecule has 3 rings (SSSR count). The zero-order valence-corrected chi connectivity index (χ0v) is 10.5. The number of nitrogens with two attached hydrogens (primary N) is 1. The molecule has 0 aliphatic rings. The summed E-state index contributed by atoms with van der Waals surface area (Å²) in [6, 6.07) is 5.54. The minimum atomic E-state index is 0.408. The van der Waals surface area contributed by atoms with Crippen molar-refractivity contribution in [3.63, 3.8) is 0 Å². The molecule has 92 valence electrons. The van der Waals surface area contributed by atoms with E-state index >= 15 is 0 Å². The minimum absolute atomic E-state index is 0.408. The summed E-state index contributed by atoms with van der Waals surface area (Å²) in [5, 5.41) is 4.84. The lowest BCUT2D eigenvalue weighted by atomic mass is 10.3. The van der Waals surface area contributed by atoms with Gasteiger partial charge in [-0.05, 0) is 12.1 Å². The average molecular weight is 263 g/mol. The van der Waals surface area contributed by atoms with Crippen LogP contribution in [0.5, 0.6) is 0 Å². The Labute approximate surface area is 108 Å². The molecule has 1 aromatic carbocycles. The molecule has 0 aliphatic carbocycles. The molecule has 6 nitrogen and oxygen atoms in total. The molecule has 0 fully saturated rings. The number of rotatable bonds is 2. The predicted octanol–water partition coefficient (Wildman–Crippen LogP) is 1.45. The van der Waals surface area contributed by atoms with Crippen molar-refractivity contribution in [2.24, 2.45) is 7.05 Å². The van der Waals surface area contributed by atoms with Crippen LogP contribution >= 0.6 is 11.6 Å². The van der Waals surface area contributed by atoms with Crippen LogP contribution in [0, 0.1) is 0 Å². The number of fused-ring (bicyclic) bond motifs is 1. The van der Waals surface area contributed by atoms with Gasteiger partial charge in [-0.15, -0.1) is 0 Å². The largest absolute Gasteiger partial charge is 0.369 e. The van der Waals surface area contributed by atoms with Crippen molar-refractivity contribution >= 4 is 28.6 Å². The Hall–Kier alpha value is -2.08. The summed E-state index contributed by atoms with van der Waals surface area (Å²) in [4.78, 5) is 8.44. The summed E-state index contributed by atoms with van der Waals surface area (Å²) in [5.41, 5.74) is 7.49. The lowest BCUT2D eigenvalue weighted by molar-refractivity contribution is 0.715. The van der Waals surface area contributed by atoms with Gasteiger partial charge in [0.25, 0.3) is 0 Å².